The molecule has 4 rings (SSSR count). The molecule has 0 radical (unpaired) electrons. The molecule has 124 valence electrons. The highest BCUT2D eigenvalue weighted by Gasteiger charge is 2.24. The van der Waals surface area contributed by atoms with E-state index in [1.165, 1.54) is 11.3 Å². The first-order valence-corrected chi connectivity index (χ1v) is 8.24. The molecule has 2 aromatic heterocycles. The molecule has 1 aromatic carbocycles. The van der Waals surface area contributed by atoms with Crippen molar-refractivity contribution in [3.8, 4) is 5.75 Å². The van der Waals surface area contributed by atoms with Crippen LogP contribution in [0.2, 0.25) is 0 Å². The Labute approximate surface area is 140 Å². The van der Waals surface area contributed by atoms with Gasteiger partial charge in [-0.1, -0.05) is 17.3 Å². The molecule has 0 saturated heterocycles. The molecule has 24 heavy (non-hydrogen) atoms. The van der Waals surface area contributed by atoms with Crippen LogP contribution in [0.1, 0.15) is 34.9 Å². The number of benzene rings is 1. The van der Waals surface area contributed by atoms with E-state index in [4.69, 9.17) is 9.26 Å². The lowest BCUT2D eigenvalue weighted by atomic mass is 9.92. The number of aromatic amines is 1. The molecular weight excluding hydrogens is 304 g/mol. The number of nitrogens with zero attached hydrogens (tertiary/aromatic N) is 2. The third-order valence-electron chi connectivity index (χ3n) is 4.35. The van der Waals surface area contributed by atoms with Crippen molar-refractivity contribution in [1.29, 1.82) is 0 Å². The van der Waals surface area contributed by atoms with Crippen molar-refractivity contribution in [2.45, 2.75) is 25.3 Å². The van der Waals surface area contributed by atoms with E-state index in [0.29, 0.717) is 6.61 Å². The summed E-state index contributed by atoms with van der Waals surface area (Å²) in [5.74, 6) is 1.17. The molecule has 0 bridgehead atoms. The number of rotatable bonds is 6. The van der Waals surface area contributed by atoms with Gasteiger partial charge in [0.05, 0.1) is 30.5 Å². The number of ether oxygens (including phenoxy) is 1. The van der Waals surface area contributed by atoms with Crippen LogP contribution in [0.4, 0.5) is 0 Å². The number of aromatic nitrogens is 3. The van der Waals surface area contributed by atoms with Crippen LogP contribution in [0.5, 0.6) is 5.75 Å². The number of nitrogens with one attached hydrogen (secondary N) is 2. The molecule has 1 atom stereocenters. The Morgan fingerprint density at radius 2 is 2.33 bits per heavy atom. The number of fused-ring (bicyclic) bond motifs is 1. The molecule has 0 aliphatic carbocycles. The normalized spacial score (nSPS) is 16.8. The Morgan fingerprint density at radius 3 is 3.25 bits per heavy atom. The van der Waals surface area contributed by atoms with E-state index < -0.39 is 0 Å². The molecule has 0 amide bonds. The van der Waals surface area contributed by atoms with Crippen molar-refractivity contribution in [2.75, 3.05) is 13.2 Å². The molecule has 0 fully saturated rings. The zero-order valence-corrected chi connectivity index (χ0v) is 13.4. The van der Waals surface area contributed by atoms with Crippen molar-refractivity contribution in [3.05, 3.63) is 65.6 Å². The topological polar surface area (TPSA) is 76.0 Å². The fourth-order valence-corrected chi connectivity index (χ4v) is 3.12. The minimum atomic E-state index is 0.264. The smallest absolute Gasteiger partial charge is 0.126 e. The van der Waals surface area contributed by atoms with E-state index >= 15 is 0 Å². The predicted molar refractivity (Wildman–Crippen MR) is 88.9 cm³/mol. The minimum absolute atomic E-state index is 0.264. The summed E-state index contributed by atoms with van der Waals surface area (Å²) in [6.45, 7) is 2.42. The van der Waals surface area contributed by atoms with Crippen LogP contribution in [0.25, 0.3) is 0 Å². The number of imidazole rings is 1. The maximum atomic E-state index is 5.91. The maximum absolute atomic E-state index is 5.91. The molecule has 2 N–H and O–H groups in total. The van der Waals surface area contributed by atoms with Crippen molar-refractivity contribution < 1.29 is 9.26 Å². The van der Waals surface area contributed by atoms with Gasteiger partial charge in [-0.2, -0.15) is 0 Å². The van der Waals surface area contributed by atoms with E-state index in [1.807, 2.05) is 12.1 Å². The van der Waals surface area contributed by atoms with Crippen LogP contribution >= 0.6 is 0 Å². The molecule has 1 aliphatic rings. The maximum Gasteiger partial charge on any atom is 0.126 e. The molecule has 1 unspecified atom stereocenters. The first-order chi connectivity index (χ1) is 11.9. The summed E-state index contributed by atoms with van der Waals surface area (Å²) in [6, 6.07) is 8.31. The van der Waals surface area contributed by atoms with Crippen LogP contribution in [-0.2, 0) is 13.0 Å². The second-order valence-electron chi connectivity index (χ2n) is 6.01. The van der Waals surface area contributed by atoms with Crippen LogP contribution in [0.3, 0.4) is 0 Å². The lowest BCUT2D eigenvalue weighted by Crippen LogP contribution is -2.28. The van der Waals surface area contributed by atoms with Crippen molar-refractivity contribution >= 4 is 0 Å². The summed E-state index contributed by atoms with van der Waals surface area (Å²) in [6.07, 6.45) is 7.04. The molecule has 0 saturated carbocycles. The molecule has 6 heteroatoms. The van der Waals surface area contributed by atoms with Crippen molar-refractivity contribution in [2.24, 2.45) is 0 Å². The SMILES string of the molecule is c1cc(OCCCc2cnoc2)cc(C2CNCc3[nH]cnc32)c1. The third-order valence-corrected chi connectivity index (χ3v) is 4.35. The van der Waals surface area contributed by atoms with E-state index in [0.717, 1.165) is 42.9 Å². The highest BCUT2D eigenvalue weighted by atomic mass is 16.5. The highest BCUT2D eigenvalue weighted by molar-refractivity contribution is 5.37. The summed E-state index contributed by atoms with van der Waals surface area (Å²) >= 11 is 0. The zero-order chi connectivity index (χ0) is 16.2. The second kappa shape index (κ2) is 6.88. The Kier molecular flexibility index (Phi) is 4.29. The Morgan fingerprint density at radius 1 is 1.33 bits per heavy atom. The third kappa shape index (κ3) is 3.19. The van der Waals surface area contributed by atoms with Gasteiger partial charge in [0.1, 0.15) is 12.0 Å². The van der Waals surface area contributed by atoms with Gasteiger partial charge >= 0.3 is 0 Å². The largest absolute Gasteiger partial charge is 0.494 e. The summed E-state index contributed by atoms with van der Waals surface area (Å²) in [7, 11) is 0. The van der Waals surface area contributed by atoms with Gasteiger partial charge in [0.15, 0.2) is 0 Å². The van der Waals surface area contributed by atoms with E-state index in [1.54, 1.807) is 18.8 Å². The van der Waals surface area contributed by atoms with Crippen molar-refractivity contribution in [3.63, 3.8) is 0 Å². The summed E-state index contributed by atoms with van der Waals surface area (Å²) in [5.41, 5.74) is 4.64. The monoisotopic (exact) mass is 324 g/mol. The molecule has 6 nitrogen and oxygen atoms in total. The first kappa shape index (κ1) is 15.0. The fourth-order valence-electron chi connectivity index (χ4n) is 3.12. The van der Waals surface area contributed by atoms with Gasteiger partial charge < -0.3 is 19.6 Å². The molecule has 3 aromatic rings. The molecule has 1 aliphatic heterocycles. The van der Waals surface area contributed by atoms with E-state index in [9.17, 15) is 0 Å². The van der Waals surface area contributed by atoms with Crippen molar-refractivity contribution in [1.82, 2.24) is 20.4 Å². The second-order valence-corrected chi connectivity index (χ2v) is 6.01. The number of H-pyrrole nitrogens is 1. The molecule has 0 spiro atoms. The first-order valence-electron chi connectivity index (χ1n) is 8.24. The fraction of sp³-hybridized carbons (Fsp3) is 0.333. The van der Waals surface area contributed by atoms with Gasteiger partial charge in [-0.3, -0.25) is 0 Å². The number of hydrogen-bond acceptors (Lipinski definition) is 5. The Hall–Kier alpha value is -2.60. The standard InChI is InChI=1S/C18H20N4O2/c1-4-14(16-9-19-10-17-18(16)21-12-20-17)7-15(5-1)23-6-2-3-13-8-22-24-11-13/h1,4-5,7-8,11-12,16,19H,2-3,6,9-10H2,(H,20,21). The van der Waals surface area contributed by atoms with Gasteiger partial charge in [-0.05, 0) is 30.5 Å². The highest BCUT2D eigenvalue weighted by Crippen LogP contribution is 2.29. The minimum Gasteiger partial charge on any atom is -0.494 e. The van der Waals surface area contributed by atoms with Crippen LogP contribution in [-0.4, -0.2) is 28.3 Å². The average Bonchev–Trinajstić information content (AvgIpc) is 3.30. The summed E-state index contributed by atoms with van der Waals surface area (Å²) < 4.78 is 10.7. The number of aryl methyl sites for hydroxylation is 1. The van der Waals surface area contributed by atoms with E-state index in [-0.39, 0.29) is 5.92 Å². The van der Waals surface area contributed by atoms with Gasteiger partial charge in [0.2, 0.25) is 0 Å². The lowest BCUT2D eigenvalue weighted by Gasteiger charge is -2.23. The Balaban J connectivity index is 1.39. The number of hydrogen-bond donors (Lipinski definition) is 2. The van der Waals surface area contributed by atoms with Crippen LogP contribution in [0.15, 0.2) is 47.6 Å². The Bertz CT molecular complexity index is 782. The van der Waals surface area contributed by atoms with Gasteiger partial charge in [0, 0.05) is 24.6 Å². The zero-order valence-electron chi connectivity index (χ0n) is 13.4. The molecule has 3 heterocycles. The van der Waals surface area contributed by atoms with Gasteiger partial charge in [-0.15, -0.1) is 0 Å². The summed E-state index contributed by atoms with van der Waals surface area (Å²) in [5, 5.41) is 7.14. The van der Waals surface area contributed by atoms with E-state index in [2.05, 4.69) is 32.6 Å². The quantitative estimate of drug-likeness (QED) is 0.682. The van der Waals surface area contributed by atoms with Gasteiger partial charge in [-0.25, -0.2) is 4.98 Å². The molecular formula is C18H20N4O2. The van der Waals surface area contributed by atoms with Crippen LogP contribution in [0, 0.1) is 0 Å². The lowest BCUT2D eigenvalue weighted by molar-refractivity contribution is 0.310. The predicted octanol–water partition coefficient (Wildman–Crippen LogP) is 2.64. The summed E-state index contributed by atoms with van der Waals surface area (Å²) in [4.78, 5) is 7.71. The van der Waals surface area contributed by atoms with Crippen LogP contribution < -0.4 is 10.1 Å². The average molecular weight is 324 g/mol. The van der Waals surface area contributed by atoms with Gasteiger partial charge in [0.25, 0.3) is 0 Å².